The van der Waals surface area contributed by atoms with E-state index in [1.54, 1.807) is 0 Å². The van der Waals surface area contributed by atoms with Crippen LogP contribution in [0.25, 0.3) is 0 Å². The highest BCUT2D eigenvalue weighted by Gasteiger charge is 2.30. The zero-order valence-electron chi connectivity index (χ0n) is 14.7. The second-order valence-corrected chi connectivity index (χ2v) is 6.27. The summed E-state index contributed by atoms with van der Waals surface area (Å²) in [7, 11) is 0. The van der Waals surface area contributed by atoms with Crippen LogP contribution in [0.4, 0.5) is 36.3 Å². The Hall–Kier alpha value is -3.16. The molecule has 0 aliphatic heterocycles. The van der Waals surface area contributed by atoms with Crippen molar-refractivity contribution in [2.24, 2.45) is 0 Å². The predicted molar refractivity (Wildman–Crippen MR) is 98.4 cm³/mol. The molecule has 1 heterocycles. The van der Waals surface area contributed by atoms with Crippen molar-refractivity contribution in [2.45, 2.75) is 25.9 Å². The Morgan fingerprint density at radius 3 is 2.33 bits per heavy atom. The molecule has 0 atom stereocenters. The molecule has 1 aromatic heterocycles. The van der Waals surface area contributed by atoms with Crippen molar-refractivity contribution in [3.8, 4) is 0 Å². The third-order valence-corrected chi connectivity index (χ3v) is 3.85. The highest BCUT2D eigenvalue weighted by atomic mass is 19.4. The minimum atomic E-state index is -4.41. The highest BCUT2D eigenvalue weighted by Crippen LogP contribution is 2.31. The van der Waals surface area contributed by atoms with Crippen molar-refractivity contribution >= 4 is 23.1 Å². The second kappa shape index (κ2) is 7.61. The summed E-state index contributed by atoms with van der Waals surface area (Å²) in [6.07, 6.45) is -3.07. The fourth-order valence-electron chi connectivity index (χ4n) is 2.42. The van der Waals surface area contributed by atoms with E-state index in [1.807, 2.05) is 24.3 Å². The van der Waals surface area contributed by atoms with Crippen LogP contribution in [0.1, 0.15) is 30.9 Å². The summed E-state index contributed by atoms with van der Waals surface area (Å²) in [5.41, 5.74) is 1.52. The van der Waals surface area contributed by atoms with Crippen molar-refractivity contribution in [3.05, 3.63) is 65.9 Å². The van der Waals surface area contributed by atoms with Gasteiger partial charge in [0.15, 0.2) is 5.82 Å². The lowest BCUT2D eigenvalue weighted by Crippen LogP contribution is -2.06. The molecule has 0 aliphatic carbocycles. The molecule has 0 amide bonds. The molecule has 3 rings (SSSR count). The van der Waals surface area contributed by atoms with Crippen LogP contribution >= 0.6 is 0 Å². The van der Waals surface area contributed by atoms with Crippen molar-refractivity contribution in [1.29, 1.82) is 0 Å². The lowest BCUT2D eigenvalue weighted by Gasteiger charge is -2.11. The van der Waals surface area contributed by atoms with Gasteiger partial charge in [-0.05, 0) is 41.8 Å². The normalized spacial score (nSPS) is 11.5. The van der Waals surface area contributed by atoms with E-state index < -0.39 is 11.7 Å². The number of rotatable bonds is 5. The van der Waals surface area contributed by atoms with E-state index >= 15 is 0 Å². The molecule has 0 aliphatic rings. The standard InChI is InChI=1S/C19H18F3N5/c1-12(2)13-6-8-15(9-7-13)25-18-26-17(11-23-27-18)24-16-5-3-4-14(10-16)19(20,21)22/h3-12H,1-2H3,(H2,24,25,26,27). The average molecular weight is 373 g/mol. The van der Waals surface area contributed by atoms with Gasteiger partial charge in [0, 0.05) is 11.4 Å². The van der Waals surface area contributed by atoms with Gasteiger partial charge in [-0.25, -0.2) is 0 Å². The smallest absolute Gasteiger partial charge is 0.339 e. The van der Waals surface area contributed by atoms with Crippen LogP contribution in [0, 0.1) is 0 Å². The molecule has 0 fully saturated rings. The SMILES string of the molecule is CC(C)c1ccc(Nc2nncc(Nc3cccc(C(F)(F)F)c3)n2)cc1. The van der Waals surface area contributed by atoms with Gasteiger partial charge in [0.25, 0.3) is 0 Å². The van der Waals surface area contributed by atoms with E-state index in [9.17, 15) is 13.2 Å². The summed E-state index contributed by atoms with van der Waals surface area (Å²) in [5, 5.41) is 13.6. The molecule has 8 heteroatoms. The molecule has 0 saturated carbocycles. The average Bonchev–Trinajstić information content (AvgIpc) is 2.62. The number of hydrogen-bond acceptors (Lipinski definition) is 5. The largest absolute Gasteiger partial charge is 0.416 e. The predicted octanol–water partition coefficient (Wildman–Crippen LogP) is 5.50. The summed E-state index contributed by atoms with van der Waals surface area (Å²) in [4.78, 5) is 4.24. The van der Waals surface area contributed by atoms with Crippen LogP contribution in [0.15, 0.2) is 54.7 Å². The first-order valence-electron chi connectivity index (χ1n) is 8.32. The van der Waals surface area contributed by atoms with E-state index in [1.165, 1.54) is 23.9 Å². The Bertz CT molecular complexity index is 908. The molecule has 2 aromatic carbocycles. The molecule has 0 radical (unpaired) electrons. The number of benzene rings is 2. The van der Waals surface area contributed by atoms with Gasteiger partial charge >= 0.3 is 6.18 Å². The van der Waals surface area contributed by atoms with Crippen LogP contribution in [0.2, 0.25) is 0 Å². The number of aromatic nitrogens is 3. The monoisotopic (exact) mass is 373 g/mol. The van der Waals surface area contributed by atoms with E-state index in [4.69, 9.17) is 0 Å². The Balaban J connectivity index is 1.74. The maximum absolute atomic E-state index is 12.8. The van der Waals surface area contributed by atoms with Crippen LogP contribution in [-0.2, 0) is 6.18 Å². The summed E-state index contributed by atoms with van der Waals surface area (Å²) >= 11 is 0. The van der Waals surface area contributed by atoms with Gasteiger partial charge in [0.1, 0.15) is 0 Å². The Labute approximate surface area is 154 Å². The third kappa shape index (κ3) is 4.93. The van der Waals surface area contributed by atoms with Gasteiger partial charge in [-0.1, -0.05) is 32.0 Å². The molecule has 0 unspecified atom stereocenters. The lowest BCUT2D eigenvalue weighted by atomic mass is 10.0. The minimum Gasteiger partial charge on any atom is -0.339 e. The Morgan fingerprint density at radius 2 is 1.67 bits per heavy atom. The number of halogens is 3. The van der Waals surface area contributed by atoms with Crippen LogP contribution in [-0.4, -0.2) is 15.2 Å². The summed E-state index contributed by atoms with van der Waals surface area (Å²) < 4.78 is 38.4. The van der Waals surface area contributed by atoms with Gasteiger partial charge in [-0.15, -0.1) is 5.10 Å². The first-order chi connectivity index (χ1) is 12.8. The molecule has 140 valence electrons. The van der Waals surface area contributed by atoms with E-state index in [0.717, 1.165) is 17.8 Å². The minimum absolute atomic E-state index is 0.240. The van der Waals surface area contributed by atoms with Crippen molar-refractivity contribution in [2.75, 3.05) is 10.6 Å². The van der Waals surface area contributed by atoms with E-state index in [2.05, 4.69) is 39.7 Å². The number of nitrogens with zero attached hydrogens (tertiary/aromatic N) is 3. The lowest BCUT2D eigenvalue weighted by molar-refractivity contribution is -0.137. The van der Waals surface area contributed by atoms with Crippen LogP contribution < -0.4 is 10.6 Å². The molecule has 5 nitrogen and oxygen atoms in total. The molecular weight excluding hydrogens is 355 g/mol. The molecule has 2 N–H and O–H groups in total. The van der Waals surface area contributed by atoms with Crippen molar-refractivity contribution in [3.63, 3.8) is 0 Å². The molecule has 27 heavy (non-hydrogen) atoms. The van der Waals surface area contributed by atoms with E-state index in [-0.39, 0.29) is 17.5 Å². The summed E-state index contributed by atoms with van der Waals surface area (Å²) in [5.74, 6) is 0.951. The van der Waals surface area contributed by atoms with Gasteiger partial charge < -0.3 is 10.6 Å². The zero-order chi connectivity index (χ0) is 19.4. The first kappa shape index (κ1) is 18.6. The number of nitrogens with one attached hydrogen (secondary N) is 2. The van der Waals surface area contributed by atoms with Gasteiger partial charge in [0.05, 0.1) is 11.8 Å². The molecule has 0 spiro atoms. The summed E-state index contributed by atoms with van der Waals surface area (Å²) in [6.45, 7) is 4.22. The molecular formula is C19H18F3N5. The maximum Gasteiger partial charge on any atom is 0.416 e. The quantitative estimate of drug-likeness (QED) is 0.618. The van der Waals surface area contributed by atoms with Gasteiger partial charge in [-0.3, -0.25) is 0 Å². The first-order valence-corrected chi connectivity index (χ1v) is 8.32. The van der Waals surface area contributed by atoms with Crippen molar-refractivity contribution < 1.29 is 13.2 Å². The Morgan fingerprint density at radius 1 is 0.926 bits per heavy atom. The van der Waals surface area contributed by atoms with Crippen LogP contribution in [0.3, 0.4) is 0 Å². The Kier molecular flexibility index (Phi) is 5.25. The molecule has 0 bridgehead atoms. The molecule has 3 aromatic rings. The topological polar surface area (TPSA) is 62.7 Å². The second-order valence-electron chi connectivity index (χ2n) is 6.27. The van der Waals surface area contributed by atoms with Crippen molar-refractivity contribution in [1.82, 2.24) is 15.2 Å². The fourth-order valence-corrected chi connectivity index (χ4v) is 2.42. The number of alkyl halides is 3. The third-order valence-electron chi connectivity index (χ3n) is 3.85. The number of hydrogen-bond donors (Lipinski definition) is 2. The summed E-state index contributed by atoms with van der Waals surface area (Å²) in [6, 6.07) is 12.7. The van der Waals surface area contributed by atoms with Gasteiger partial charge in [0.2, 0.25) is 5.95 Å². The molecule has 0 saturated heterocycles. The fraction of sp³-hybridized carbons (Fsp3) is 0.211. The van der Waals surface area contributed by atoms with E-state index in [0.29, 0.717) is 5.92 Å². The highest BCUT2D eigenvalue weighted by molar-refractivity contribution is 5.59. The van der Waals surface area contributed by atoms with Crippen LogP contribution in [0.5, 0.6) is 0 Å². The number of anilines is 4. The van der Waals surface area contributed by atoms with Gasteiger partial charge in [-0.2, -0.15) is 23.3 Å². The zero-order valence-corrected chi connectivity index (χ0v) is 14.7. The maximum atomic E-state index is 12.8.